The van der Waals surface area contributed by atoms with Gasteiger partial charge in [-0.15, -0.1) is 0 Å². The number of nitrogens with one attached hydrogen (secondary N) is 1. The molecule has 1 atom stereocenters. The number of anilines is 1. The van der Waals surface area contributed by atoms with E-state index in [0.29, 0.717) is 18.8 Å². The number of oxazole rings is 1. The first kappa shape index (κ1) is 14.5. The van der Waals surface area contributed by atoms with E-state index in [1.807, 2.05) is 48.5 Å². The molecule has 2 heterocycles. The van der Waals surface area contributed by atoms with Gasteiger partial charge in [0.25, 0.3) is 0 Å². The van der Waals surface area contributed by atoms with Gasteiger partial charge in [0, 0.05) is 11.3 Å². The number of aromatic nitrogens is 1. The van der Waals surface area contributed by atoms with Gasteiger partial charge in [0.05, 0.1) is 12.1 Å². The summed E-state index contributed by atoms with van der Waals surface area (Å²) in [5.41, 5.74) is 2.74. The zero-order valence-electron chi connectivity index (χ0n) is 12.9. The molecular formula is C19H16N2O3. The molecule has 24 heavy (non-hydrogen) atoms. The van der Waals surface area contributed by atoms with Crippen LogP contribution in [-0.2, 0) is 11.2 Å². The first-order chi connectivity index (χ1) is 11.8. The summed E-state index contributed by atoms with van der Waals surface area (Å²) in [6.07, 6.45) is 3.74. The van der Waals surface area contributed by atoms with Crippen LogP contribution in [0.5, 0.6) is 5.75 Å². The van der Waals surface area contributed by atoms with Gasteiger partial charge >= 0.3 is 0 Å². The molecule has 0 saturated carbocycles. The lowest BCUT2D eigenvalue weighted by molar-refractivity contribution is -0.121. The van der Waals surface area contributed by atoms with Crippen LogP contribution in [0.3, 0.4) is 0 Å². The van der Waals surface area contributed by atoms with Gasteiger partial charge < -0.3 is 14.5 Å². The van der Waals surface area contributed by atoms with Crippen LogP contribution in [0.2, 0.25) is 0 Å². The third kappa shape index (κ3) is 2.88. The molecule has 1 aromatic heterocycles. The molecule has 0 spiro atoms. The van der Waals surface area contributed by atoms with Gasteiger partial charge in [-0.1, -0.05) is 18.2 Å². The van der Waals surface area contributed by atoms with Gasteiger partial charge in [-0.25, -0.2) is 4.98 Å². The minimum absolute atomic E-state index is 0.0306. The topological polar surface area (TPSA) is 64.4 Å². The highest BCUT2D eigenvalue weighted by Crippen LogP contribution is 2.28. The van der Waals surface area contributed by atoms with Crippen LogP contribution >= 0.6 is 0 Å². The van der Waals surface area contributed by atoms with Crippen molar-refractivity contribution in [3.05, 3.63) is 66.7 Å². The number of rotatable bonds is 3. The van der Waals surface area contributed by atoms with Crippen molar-refractivity contribution in [1.29, 1.82) is 0 Å². The predicted octanol–water partition coefficient (Wildman–Crippen LogP) is 3.53. The number of hydrogen-bond acceptors (Lipinski definition) is 4. The van der Waals surface area contributed by atoms with Gasteiger partial charge in [0.1, 0.15) is 12.4 Å². The SMILES string of the molecule is O=C(Nc1ccc(-c2cnco2)cc1)C1COc2ccccc2C1. The van der Waals surface area contributed by atoms with E-state index < -0.39 is 0 Å². The third-order valence-corrected chi connectivity index (χ3v) is 4.12. The molecule has 0 fully saturated rings. The Labute approximate surface area is 139 Å². The van der Waals surface area contributed by atoms with Crippen LogP contribution in [0.15, 0.2) is 65.5 Å². The van der Waals surface area contributed by atoms with Gasteiger partial charge in [-0.05, 0) is 42.3 Å². The molecule has 3 aromatic rings. The zero-order chi connectivity index (χ0) is 16.4. The summed E-state index contributed by atoms with van der Waals surface area (Å²) in [5, 5.41) is 2.95. The standard InChI is InChI=1S/C19H16N2O3/c22-19(15-9-14-3-1-2-4-17(14)23-11-15)21-16-7-5-13(6-8-16)18-10-20-12-24-18/h1-8,10,12,15H,9,11H2,(H,21,22). The summed E-state index contributed by atoms with van der Waals surface area (Å²) in [6, 6.07) is 15.3. The van der Waals surface area contributed by atoms with Crippen molar-refractivity contribution in [3.8, 4) is 17.1 Å². The van der Waals surface area contributed by atoms with Crippen LogP contribution in [-0.4, -0.2) is 17.5 Å². The van der Waals surface area contributed by atoms with Crippen LogP contribution < -0.4 is 10.1 Å². The molecule has 1 unspecified atom stereocenters. The fourth-order valence-corrected chi connectivity index (χ4v) is 2.82. The minimum Gasteiger partial charge on any atom is -0.492 e. The predicted molar refractivity (Wildman–Crippen MR) is 89.7 cm³/mol. The van der Waals surface area contributed by atoms with E-state index in [-0.39, 0.29) is 11.8 Å². The van der Waals surface area contributed by atoms with E-state index in [1.165, 1.54) is 6.39 Å². The fourth-order valence-electron chi connectivity index (χ4n) is 2.82. The maximum atomic E-state index is 12.5. The van der Waals surface area contributed by atoms with Crippen molar-refractivity contribution in [1.82, 2.24) is 4.98 Å². The lowest BCUT2D eigenvalue weighted by atomic mass is 9.96. The van der Waals surface area contributed by atoms with Gasteiger partial charge in [-0.3, -0.25) is 4.79 Å². The van der Waals surface area contributed by atoms with Crippen LogP contribution in [0, 0.1) is 5.92 Å². The van der Waals surface area contributed by atoms with E-state index >= 15 is 0 Å². The number of para-hydroxylation sites is 1. The Bertz CT molecular complexity index is 841. The number of carbonyl (C=O) groups excluding carboxylic acids is 1. The molecule has 0 radical (unpaired) electrons. The molecule has 1 amide bonds. The highest BCUT2D eigenvalue weighted by atomic mass is 16.5. The molecule has 1 N–H and O–H groups in total. The highest BCUT2D eigenvalue weighted by Gasteiger charge is 2.25. The van der Waals surface area contributed by atoms with Crippen LogP contribution in [0.1, 0.15) is 5.56 Å². The molecule has 5 heteroatoms. The number of amides is 1. The van der Waals surface area contributed by atoms with Gasteiger partial charge in [-0.2, -0.15) is 0 Å². The van der Waals surface area contributed by atoms with E-state index in [9.17, 15) is 4.79 Å². The molecule has 0 aliphatic carbocycles. The van der Waals surface area contributed by atoms with Crippen molar-refractivity contribution in [2.24, 2.45) is 5.92 Å². The van der Waals surface area contributed by atoms with E-state index in [4.69, 9.17) is 9.15 Å². The first-order valence-electron chi connectivity index (χ1n) is 7.80. The van der Waals surface area contributed by atoms with Crippen molar-refractivity contribution >= 4 is 11.6 Å². The Balaban J connectivity index is 1.43. The average Bonchev–Trinajstić information content (AvgIpc) is 3.16. The maximum Gasteiger partial charge on any atom is 0.231 e. The summed E-state index contributed by atoms with van der Waals surface area (Å²) < 4.78 is 10.9. The second-order valence-corrected chi connectivity index (χ2v) is 5.75. The molecule has 1 aliphatic rings. The molecular weight excluding hydrogens is 304 g/mol. The first-order valence-corrected chi connectivity index (χ1v) is 7.80. The average molecular weight is 320 g/mol. The zero-order valence-corrected chi connectivity index (χ0v) is 12.9. The number of fused-ring (bicyclic) bond motifs is 1. The largest absolute Gasteiger partial charge is 0.492 e. The fraction of sp³-hybridized carbons (Fsp3) is 0.158. The summed E-state index contributed by atoms with van der Waals surface area (Å²) in [5.74, 6) is 1.36. The van der Waals surface area contributed by atoms with Crippen molar-refractivity contribution in [3.63, 3.8) is 0 Å². The van der Waals surface area contributed by atoms with E-state index in [1.54, 1.807) is 6.20 Å². The number of hydrogen-bond donors (Lipinski definition) is 1. The Hall–Kier alpha value is -3.08. The Kier molecular flexibility index (Phi) is 3.75. The smallest absolute Gasteiger partial charge is 0.231 e. The third-order valence-electron chi connectivity index (χ3n) is 4.12. The lowest BCUT2D eigenvalue weighted by Gasteiger charge is -2.24. The molecule has 5 nitrogen and oxygen atoms in total. The van der Waals surface area contributed by atoms with E-state index in [0.717, 1.165) is 22.6 Å². The molecule has 4 rings (SSSR count). The number of nitrogens with zero attached hydrogens (tertiary/aromatic N) is 1. The summed E-state index contributed by atoms with van der Waals surface area (Å²) >= 11 is 0. The maximum absolute atomic E-state index is 12.5. The number of carbonyl (C=O) groups is 1. The summed E-state index contributed by atoms with van der Waals surface area (Å²) in [7, 11) is 0. The van der Waals surface area contributed by atoms with Crippen LogP contribution in [0.25, 0.3) is 11.3 Å². The second-order valence-electron chi connectivity index (χ2n) is 5.75. The second kappa shape index (κ2) is 6.20. The lowest BCUT2D eigenvalue weighted by Crippen LogP contribution is -2.32. The van der Waals surface area contributed by atoms with Gasteiger partial charge in [0.15, 0.2) is 12.2 Å². The van der Waals surface area contributed by atoms with Crippen molar-refractivity contribution in [2.75, 3.05) is 11.9 Å². The molecule has 0 saturated heterocycles. The Morgan fingerprint density at radius 2 is 1.96 bits per heavy atom. The Morgan fingerprint density at radius 3 is 2.75 bits per heavy atom. The quantitative estimate of drug-likeness (QED) is 0.802. The number of benzene rings is 2. The molecule has 120 valence electrons. The van der Waals surface area contributed by atoms with Crippen molar-refractivity contribution in [2.45, 2.75) is 6.42 Å². The number of ether oxygens (including phenoxy) is 1. The summed E-state index contributed by atoms with van der Waals surface area (Å²) in [4.78, 5) is 16.4. The Morgan fingerprint density at radius 1 is 1.12 bits per heavy atom. The monoisotopic (exact) mass is 320 g/mol. The van der Waals surface area contributed by atoms with E-state index in [2.05, 4.69) is 10.3 Å². The highest BCUT2D eigenvalue weighted by molar-refractivity contribution is 5.93. The molecule has 2 aromatic carbocycles. The molecule has 0 bridgehead atoms. The van der Waals surface area contributed by atoms with Crippen molar-refractivity contribution < 1.29 is 13.9 Å². The molecule has 1 aliphatic heterocycles. The normalized spacial score (nSPS) is 16.1. The summed E-state index contributed by atoms with van der Waals surface area (Å²) in [6.45, 7) is 0.402. The minimum atomic E-state index is -0.186. The van der Waals surface area contributed by atoms with Gasteiger partial charge in [0.2, 0.25) is 5.91 Å². The van der Waals surface area contributed by atoms with Crippen LogP contribution in [0.4, 0.5) is 5.69 Å².